The minimum absolute atomic E-state index is 0.226. The summed E-state index contributed by atoms with van der Waals surface area (Å²) in [5, 5.41) is 12.4. The molecule has 186 valence electrons. The van der Waals surface area contributed by atoms with Crippen LogP contribution in [0.5, 0.6) is 0 Å². The van der Waals surface area contributed by atoms with Crippen molar-refractivity contribution >= 4 is 29.1 Å². The molecule has 1 unspecified atom stereocenters. The largest absolute Gasteiger partial charge is 0.351 e. The molecule has 0 spiro atoms. The van der Waals surface area contributed by atoms with E-state index in [0.717, 1.165) is 59.8 Å². The standard InChI is InChI=1S/C27H28FN5O2S/c28-19-7-6-18(23(14-19)17-4-2-1-3-5-17)16-30-20-8-10-21(11-9-20)31-26-29-13-12-22(32-26)15-24-25(34)33-27(35)36-24/h1-7,12-15,20-21,26,30-32H,8-11,16H2,(H,33,34,35)/b24-15-/t20-,21-,26?. The highest BCUT2D eigenvalue weighted by molar-refractivity contribution is 8.18. The van der Waals surface area contributed by atoms with E-state index in [0.29, 0.717) is 23.5 Å². The molecular weight excluding hydrogens is 477 g/mol. The van der Waals surface area contributed by atoms with E-state index in [9.17, 15) is 14.0 Å². The Morgan fingerprint density at radius 2 is 1.83 bits per heavy atom. The third kappa shape index (κ3) is 6.10. The number of nitrogens with one attached hydrogen (secondary N) is 4. The van der Waals surface area contributed by atoms with Crippen LogP contribution >= 0.6 is 11.8 Å². The highest BCUT2D eigenvalue weighted by Gasteiger charge is 2.27. The van der Waals surface area contributed by atoms with Crippen molar-refractivity contribution in [3.05, 3.63) is 82.7 Å². The lowest BCUT2D eigenvalue weighted by molar-refractivity contribution is -0.115. The number of hydrogen-bond acceptors (Lipinski definition) is 7. The molecule has 1 saturated carbocycles. The second kappa shape index (κ2) is 11.2. The van der Waals surface area contributed by atoms with Crippen molar-refractivity contribution in [2.45, 2.75) is 50.6 Å². The van der Waals surface area contributed by atoms with Crippen molar-refractivity contribution in [1.29, 1.82) is 0 Å². The number of carbonyl (C=O) groups excluding carboxylic acids is 2. The van der Waals surface area contributed by atoms with Crippen LogP contribution in [0.1, 0.15) is 31.2 Å². The van der Waals surface area contributed by atoms with Gasteiger partial charge in [-0.1, -0.05) is 36.4 Å². The predicted molar refractivity (Wildman–Crippen MR) is 141 cm³/mol. The Labute approximate surface area is 213 Å². The normalized spacial score (nSPS) is 25.0. The fraction of sp³-hybridized carbons (Fsp3) is 0.296. The molecule has 9 heteroatoms. The van der Waals surface area contributed by atoms with E-state index in [1.165, 1.54) is 6.07 Å². The Hall–Kier alpha value is -3.27. The molecule has 1 saturated heterocycles. The minimum atomic E-state index is -0.373. The van der Waals surface area contributed by atoms with Crippen molar-refractivity contribution in [3.8, 4) is 11.1 Å². The Kier molecular flexibility index (Phi) is 7.60. The van der Waals surface area contributed by atoms with Crippen molar-refractivity contribution < 1.29 is 14.0 Å². The van der Waals surface area contributed by atoms with Gasteiger partial charge in [-0.05, 0) is 78.4 Å². The third-order valence-electron chi connectivity index (χ3n) is 6.58. The minimum Gasteiger partial charge on any atom is -0.351 e. The molecule has 0 bridgehead atoms. The van der Waals surface area contributed by atoms with Gasteiger partial charge in [-0.3, -0.25) is 25.2 Å². The summed E-state index contributed by atoms with van der Waals surface area (Å²) >= 11 is 0.898. The van der Waals surface area contributed by atoms with Gasteiger partial charge in [-0.15, -0.1) is 0 Å². The number of nitrogens with zero attached hydrogens (tertiary/aromatic N) is 1. The number of thioether (sulfide) groups is 1. The average molecular weight is 506 g/mol. The van der Waals surface area contributed by atoms with Gasteiger partial charge in [0.2, 0.25) is 0 Å². The first-order valence-corrected chi connectivity index (χ1v) is 12.9. The fourth-order valence-electron chi connectivity index (χ4n) is 4.72. The molecule has 3 aliphatic rings. The van der Waals surface area contributed by atoms with Crippen LogP contribution in [0.4, 0.5) is 9.18 Å². The molecule has 2 aromatic carbocycles. The summed E-state index contributed by atoms with van der Waals surface area (Å²) in [5.41, 5.74) is 3.77. The first kappa shape index (κ1) is 24.4. The molecule has 2 amide bonds. The number of hydrogen-bond donors (Lipinski definition) is 4. The van der Waals surface area contributed by atoms with E-state index >= 15 is 0 Å². The molecule has 7 nitrogen and oxygen atoms in total. The first-order valence-electron chi connectivity index (χ1n) is 12.1. The van der Waals surface area contributed by atoms with Gasteiger partial charge in [0.05, 0.1) is 4.91 Å². The van der Waals surface area contributed by atoms with E-state index in [4.69, 9.17) is 0 Å². The zero-order chi connectivity index (χ0) is 24.9. The summed E-state index contributed by atoms with van der Waals surface area (Å²) < 4.78 is 13.9. The van der Waals surface area contributed by atoms with Gasteiger partial charge in [0.1, 0.15) is 5.82 Å². The van der Waals surface area contributed by atoms with Gasteiger partial charge in [0, 0.05) is 30.5 Å². The second-order valence-corrected chi connectivity index (χ2v) is 10.1. The molecule has 0 radical (unpaired) electrons. The van der Waals surface area contributed by atoms with E-state index in [1.54, 1.807) is 24.4 Å². The highest BCUT2D eigenvalue weighted by atomic mass is 32.2. The quantitative estimate of drug-likeness (QED) is 0.422. The van der Waals surface area contributed by atoms with Gasteiger partial charge in [0.15, 0.2) is 6.29 Å². The van der Waals surface area contributed by atoms with Crippen molar-refractivity contribution in [3.63, 3.8) is 0 Å². The first-order chi connectivity index (χ1) is 17.5. The maximum Gasteiger partial charge on any atom is 0.290 e. The number of halogens is 1. The van der Waals surface area contributed by atoms with E-state index in [-0.39, 0.29) is 23.3 Å². The van der Waals surface area contributed by atoms with Crippen LogP contribution < -0.4 is 21.3 Å². The summed E-state index contributed by atoms with van der Waals surface area (Å²) in [6.07, 6.45) is 8.95. The molecule has 36 heavy (non-hydrogen) atoms. The smallest absolute Gasteiger partial charge is 0.290 e. The molecular formula is C27H28FN5O2S. The maximum atomic E-state index is 13.9. The molecule has 2 aromatic rings. The van der Waals surface area contributed by atoms with Crippen LogP contribution in [0, 0.1) is 5.82 Å². The SMILES string of the molecule is O=C1NC(=O)/C(=C/C2=CC=NC(N[C@H]3CC[C@H](NCc4ccc(F)cc4-c4ccccc4)CC3)N2)S1. The molecule has 1 aliphatic carbocycles. The summed E-state index contributed by atoms with van der Waals surface area (Å²) in [5.74, 6) is -0.599. The van der Waals surface area contributed by atoms with Gasteiger partial charge >= 0.3 is 0 Å². The van der Waals surface area contributed by atoms with Gasteiger partial charge in [-0.25, -0.2) is 4.39 Å². The number of rotatable bonds is 7. The number of amides is 2. The molecule has 5 rings (SSSR count). The number of benzene rings is 2. The summed E-state index contributed by atoms with van der Waals surface area (Å²) in [7, 11) is 0. The monoisotopic (exact) mass is 505 g/mol. The molecule has 2 fully saturated rings. The van der Waals surface area contributed by atoms with Gasteiger partial charge in [-0.2, -0.15) is 0 Å². The Morgan fingerprint density at radius 3 is 2.58 bits per heavy atom. The van der Waals surface area contributed by atoms with Crippen LogP contribution in [0.2, 0.25) is 0 Å². The molecule has 0 aromatic heterocycles. The number of aliphatic imine (C=N–C) groups is 1. The lowest BCUT2D eigenvalue weighted by Crippen LogP contribution is -2.49. The Bertz CT molecular complexity index is 1220. The zero-order valence-corrected chi connectivity index (χ0v) is 20.5. The predicted octanol–water partition coefficient (Wildman–Crippen LogP) is 4.19. The maximum absolute atomic E-state index is 13.9. The molecule has 4 N–H and O–H groups in total. The number of allylic oxidation sites excluding steroid dienone is 2. The van der Waals surface area contributed by atoms with E-state index in [1.807, 2.05) is 36.4 Å². The fourth-order valence-corrected chi connectivity index (χ4v) is 5.39. The average Bonchev–Trinajstić information content (AvgIpc) is 3.21. The number of imide groups is 1. The summed E-state index contributed by atoms with van der Waals surface area (Å²) in [6, 6.07) is 15.6. The van der Waals surface area contributed by atoms with Crippen molar-refractivity contribution in [1.82, 2.24) is 21.3 Å². The van der Waals surface area contributed by atoms with Crippen molar-refractivity contribution in [2.24, 2.45) is 4.99 Å². The number of carbonyl (C=O) groups is 2. The van der Waals surface area contributed by atoms with Crippen LogP contribution in [-0.2, 0) is 11.3 Å². The Balaban J connectivity index is 1.10. The van der Waals surface area contributed by atoms with Gasteiger partial charge < -0.3 is 10.6 Å². The van der Waals surface area contributed by atoms with Gasteiger partial charge in [0.25, 0.3) is 11.1 Å². The zero-order valence-electron chi connectivity index (χ0n) is 19.7. The van der Waals surface area contributed by atoms with Crippen LogP contribution in [0.25, 0.3) is 11.1 Å². The van der Waals surface area contributed by atoms with Crippen LogP contribution in [0.15, 0.2) is 76.3 Å². The summed E-state index contributed by atoms with van der Waals surface area (Å²) in [4.78, 5) is 28.0. The third-order valence-corrected chi connectivity index (χ3v) is 7.39. The summed E-state index contributed by atoms with van der Waals surface area (Å²) in [6.45, 7) is 0.693. The lowest BCUT2D eigenvalue weighted by atomic mass is 9.90. The molecule has 1 atom stereocenters. The molecule has 2 heterocycles. The van der Waals surface area contributed by atoms with Crippen LogP contribution in [-0.4, -0.2) is 35.7 Å². The highest BCUT2D eigenvalue weighted by Crippen LogP contribution is 2.27. The van der Waals surface area contributed by atoms with E-state index < -0.39 is 0 Å². The topological polar surface area (TPSA) is 94.6 Å². The van der Waals surface area contributed by atoms with Crippen LogP contribution in [0.3, 0.4) is 0 Å². The lowest BCUT2D eigenvalue weighted by Gasteiger charge is -2.33. The van der Waals surface area contributed by atoms with E-state index in [2.05, 4.69) is 26.3 Å². The van der Waals surface area contributed by atoms with Crippen molar-refractivity contribution in [2.75, 3.05) is 0 Å². The second-order valence-electron chi connectivity index (χ2n) is 9.08. The molecule has 2 aliphatic heterocycles. The Morgan fingerprint density at radius 1 is 1.06 bits per heavy atom.